The van der Waals surface area contributed by atoms with Crippen molar-refractivity contribution in [2.45, 2.75) is 71.6 Å². The molecule has 2 amide bonds. The molecule has 1 aromatic carbocycles. The third kappa shape index (κ3) is 7.17. The van der Waals surface area contributed by atoms with Gasteiger partial charge in [0.2, 0.25) is 11.2 Å². The Bertz CT molecular complexity index is 1550. The van der Waals surface area contributed by atoms with E-state index in [0.717, 1.165) is 18.3 Å². The van der Waals surface area contributed by atoms with E-state index >= 15 is 0 Å². The zero-order valence-corrected chi connectivity index (χ0v) is 25.8. The van der Waals surface area contributed by atoms with Gasteiger partial charge in [-0.05, 0) is 40.2 Å². The summed E-state index contributed by atoms with van der Waals surface area (Å²) in [4.78, 5) is 54.8. The van der Waals surface area contributed by atoms with Crippen LogP contribution in [0.2, 0.25) is 0 Å². The Morgan fingerprint density at radius 2 is 1.93 bits per heavy atom. The van der Waals surface area contributed by atoms with Crippen molar-refractivity contribution < 1.29 is 46.5 Å². The Balaban J connectivity index is 1.76. The average Bonchev–Trinajstić information content (AvgIpc) is 2.93. The van der Waals surface area contributed by atoms with Crippen LogP contribution in [0.25, 0.3) is 0 Å². The summed E-state index contributed by atoms with van der Waals surface area (Å²) >= 11 is 0. The van der Waals surface area contributed by atoms with Crippen LogP contribution in [-0.4, -0.2) is 71.7 Å². The molecule has 0 aliphatic carbocycles. The second kappa shape index (κ2) is 13.6. The summed E-state index contributed by atoms with van der Waals surface area (Å²) in [5, 5.41) is 4.94. The van der Waals surface area contributed by atoms with Gasteiger partial charge in [0.15, 0.2) is 11.9 Å². The van der Waals surface area contributed by atoms with Gasteiger partial charge in [-0.3, -0.25) is 23.7 Å². The molecule has 0 saturated carbocycles. The van der Waals surface area contributed by atoms with Gasteiger partial charge in [-0.15, -0.1) is 0 Å². The minimum Gasteiger partial charge on any atom is -0.462 e. The smallest absolute Gasteiger partial charge is 0.342 e. The van der Waals surface area contributed by atoms with Crippen molar-refractivity contribution in [1.29, 1.82) is 0 Å². The number of pyridine rings is 1. The first-order valence-electron chi connectivity index (χ1n) is 13.9. The molecule has 0 bridgehead atoms. The van der Waals surface area contributed by atoms with Crippen LogP contribution < -0.4 is 20.4 Å². The first kappa shape index (κ1) is 33.2. The van der Waals surface area contributed by atoms with Gasteiger partial charge in [-0.25, -0.2) is 13.9 Å². The number of benzene rings is 1. The fourth-order valence-electron chi connectivity index (χ4n) is 4.92. The van der Waals surface area contributed by atoms with E-state index in [1.54, 1.807) is 13.8 Å². The molecule has 4 rings (SSSR count). The fraction of sp³-hybridized carbons (Fsp3) is 0.500. The number of rotatable bonds is 11. The summed E-state index contributed by atoms with van der Waals surface area (Å²) in [5.41, 5.74) is -1.91. The number of carbonyl (C=O) groups excluding carboxylic acids is 3. The van der Waals surface area contributed by atoms with Crippen molar-refractivity contribution in [3.63, 3.8) is 0 Å². The Kier molecular flexibility index (Phi) is 10.2. The number of carbonyl (C=O) groups is 3. The largest absolute Gasteiger partial charge is 0.462 e. The number of aromatic nitrogens is 1. The first-order valence-corrected chi connectivity index (χ1v) is 15.7. The van der Waals surface area contributed by atoms with Crippen LogP contribution in [0, 0.1) is 11.6 Å². The molecule has 4 atom stereocenters. The standard InChI is InChI=1S/C28H35F2N4O9P/c1-15(2)42-28(38)17(4)32-44(39,14-40-5)43-25-23-27(37)34-16(3)8-9-41-22(34)13-33(23)12-20(24(25)35)26(36)31-11-18-6-7-19(29)10-21(18)30/h6-7,10,12,15-17,22H,8-9,11,13-14H2,1-5H3,(H,31,36)(H,32,39)/t16-,17-,22+,44?/m0/s1. The maximum atomic E-state index is 14.2. The van der Waals surface area contributed by atoms with Crippen LogP contribution in [0.3, 0.4) is 0 Å². The molecule has 1 unspecified atom stereocenters. The molecule has 3 heterocycles. The van der Waals surface area contributed by atoms with Gasteiger partial charge in [0.25, 0.3) is 11.8 Å². The topological polar surface area (TPSA) is 154 Å². The molecule has 2 N–H and O–H groups in total. The molecule has 44 heavy (non-hydrogen) atoms. The molecule has 240 valence electrons. The Morgan fingerprint density at radius 3 is 2.59 bits per heavy atom. The highest BCUT2D eigenvalue weighted by molar-refractivity contribution is 7.57. The van der Waals surface area contributed by atoms with Gasteiger partial charge in [0.1, 0.15) is 29.6 Å². The summed E-state index contributed by atoms with van der Waals surface area (Å²) in [6, 6.07) is 1.38. The number of hydrogen-bond donors (Lipinski definition) is 2. The highest BCUT2D eigenvalue weighted by atomic mass is 31.2. The maximum absolute atomic E-state index is 14.2. The van der Waals surface area contributed by atoms with Gasteiger partial charge in [-0.2, -0.15) is 0 Å². The molecule has 0 radical (unpaired) electrons. The zero-order chi connectivity index (χ0) is 32.3. The summed E-state index contributed by atoms with van der Waals surface area (Å²) in [6.07, 6.45) is -0.124. The van der Waals surface area contributed by atoms with E-state index in [2.05, 4.69) is 10.4 Å². The molecular formula is C28H35F2N4O9P. The number of amides is 2. The average molecular weight is 641 g/mol. The fourth-order valence-corrected chi connectivity index (χ4v) is 6.59. The molecule has 2 aromatic rings. The van der Waals surface area contributed by atoms with E-state index in [-0.39, 0.29) is 23.8 Å². The van der Waals surface area contributed by atoms with E-state index in [9.17, 15) is 32.5 Å². The lowest BCUT2D eigenvalue weighted by atomic mass is 10.1. The van der Waals surface area contributed by atoms with E-state index in [0.29, 0.717) is 19.1 Å². The number of fused-ring (bicyclic) bond motifs is 2. The quantitative estimate of drug-likeness (QED) is 0.277. The highest BCUT2D eigenvalue weighted by Crippen LogP contribution is 2.44. The van der Waals surface area contributed by atoms with Gasteiger partial charge in [0.05, 0.1) is 19.3 Å². The molecule has 16 heteroatoms. The molecule has 1 saturated heterocycles. The lowest BCUT2D eigenvalue weighted by molar-refractivity contribution is -0.149. The van der Waals surface area contributed by atoms with Crippen LogP contribution in [0.5, 0.6) is 5.75 Å². The van der Waals surface area contributed by atoms with Crippen LogP contribution in [-0.2, 0) is 36.7 Å². The van der Waals surface area contributed by atoms with Crippen molar-refractivity contribution in [3.05, 3.63) is 63.1 Å². The van der Waals surface area contributed by atoms with Gasteiger partial charge < -0.3 is 33.5 Å². The molecule has 2 aliphatic heterocycles. The Morgan fingerprint density at radius 1 is 1.20 bits per heavy atom. The van der Waals surface area contributed by atoms with Crippen LogP contribution in [0.4, 0.5) is 8.78 Å². The van der Waals surface area contributed by atoms with E-state index in [4.69, 9.17) is 18.7 Å². The number of ether oxygens (including phenoxy) is 3. The predicted molar refractivity (Wildman–Crippen MR) is 152 cm³/mol. The monoisotopic (exact) mass is 640 g/mol. The summed E-state index contributed by atoms with van der Waals surface area (Å²) in [6.45, 7) is 6.45. The van der Waals surface area contributed by atoms with Crippen LogP contribution in [0.15, 0.2) is 29.2 Å². The van der Waals surface area contributed by atoms with Crippen molar-refractivity contribution in [3.8, 4) is 5.75 Å². The summed E-state index contributed by atoms with van der Waals surface area (Å²) in [5.74, 6) is -4.78. The van der Waals surface area contributed by atoms with Gasteiger partial charge in [-0.1, -0.05) is 6.07 Å². The number of methoxy groups -OCH3 is 1. The number of esters is 1. The second-order valence-corrected chi connectivity index (χ2v) is 12.9. The molecule has 2 aliphatic rings. The minimum absolute atomic E-state index is 0.00798. The molecule has 1 aromatic heterocycles. The van der Waals surface area contributed by atoms with Crippen molar-refractivity contribution in [2.24, 2.45) is 0 Å². The van der Waals surface area contributed by atoms with Crippen LogP contribution in [0.1, 0.15) is 60.5 Å². The van der Waals surface area contributed by atoms with E-state index in [1.165, 1.54) is 23.5 Å². The molecular weight excluding hydrogens is 605 g/mol. The van der Waals surface area contributed by atoms with E-state index < -0.39 is 84.9 Å². The van der Waals surface area contributed by atoms with Gasteiger partial charge in [0, 0.05) is 37.5 Å². The molecule has 13 nitrogen and oxygen atoms in total. The number of hydrogen-bond acceptors (Lipinski definition) is 9. The number of halogens is 2. The van der Waals surface area contributed by atoms with Crippen molar-refractivity contribution in [2.75, 3.05) is 20.1 Å². The normalized spacial score (nSPS) is 19.9. The maximum Gasteiger partial charge on any atom is 0.342 e. The Hall–Kier alpha value is -3.65. The minimum atomic E-state index is -4.28. The Labute approximate surface area is 252 Å². The predicted octanol–water partition coefficient (Wildman–Crippen LogP) is 2.75. The number of nitrogens with one attached hydrogen (secondary N) is 2. The third-order valence-electron chi connectivity index (χ3n) is 6.99. The van der Waals surface area contributed by atoms with Gasteiger partial charge >= 0.3 is 13.5 Å². The lowest BCUT2D eigenvalue weighted by Gasteiger charge is -2.44. The van der Waals surface area contributed by atoms with Crippen molar-refractivity contribution >= 4 is 25.3 Å². The van der Waals surface area contributed by atoms with Crippen molar-refractivity contribution in [1.82, 2.24) is 19.9 Å². The summed E-state index contributed by atoms with van der Waals surface area (Å²) in [7, 11) is -3.06. The lowest BCUT2D eigenvalue weighted by Crippen LogP contribution is -2.57. The third-order valence-corrected chi connectivity index (χ3v) is 8.85. The highest BCUT2D eigenvalue weighted by Gasteiger charge is 2.43. The molecule has 0 spiro atoms. The molecule has 1 fully saturated rings. The first-order chi connectivity index (χ1) is 20.7. The zero-order valence-electron chi connectivity index (χ0n) is 24.9. The number of nitrogens with zero attached hydrogens (tertiary/aromatic N) is 2. The van der Waals surface area contributed by atoms with Crippen LogP contribution >= 0.6 is 7.52 Å². The SMILES string of the molecule is COCP(=O)(N[C@@H](C)C(=O)OC(C)C)Oc1c2n(cc(C(=O)NCc3ccc(F)cc3F)c1=O)C[C@H]1OCC[C@H](C)N1C2=O. The van der Waals surface area contributed by atoms with E-state index in [1.807, 2.05) is 6.92 Å². The summed E-state index contributed by atoms with van der Waals surface area (Å²) < 4.78 is 64.6. The second-order valence-electron chi connectivity index (χ2n) is 10.8.